The molecule has 0 aromatic heterocycles. The first-order valence-electron chi connectivity index (χ1n) is 8.02. The predicted octanol–water partition coefficient (Wildman–Crippen LogP) is 6.02. The van der Waals surface area contributed by atoms with Gasteiger partial charge in [-0.3, -0.25) is 0 Å². The van der Waals surface area contributed by atoms with Crippen LogP contribution in [0, 0.1) is 0 Å². The first-order chi connectivity index (χ1) is 8.41. The van der Waals surface area contributed by atoms with Gasteiger partial charge in [-0.2, -0.15) is 12.6 Å². The van der Waals surface area contributed by atoms with Crippen LogP contribution in [0.15, 0.2) is 0 Å². The summed E-state index contributed by atoms with van der Waals surface area (Å²) in [6.45, 7) is 2.29. The molecule has 0 aliphatic carbocycles. The van der Waals surface area contributed by atoms with Gasteiger partial charge < -0.3 is 0 Å². The smallest absolute Gasteiger partial charge is 0 e. The molecule has 0 nitrogen and oxygen atoms in total. The summed E-state index contributed by atoms with van der Waals surface area (Å²) >= 11 is 4.23. The van der Waals surface area contributed by atoms with Gasteiger partial charge in [0, 0.05) is 17.6 Å². The van der Waals surface area contributed by atoms with Crippen molar-refractivity contribution in [2.75, 3.05) is 5.75 Å². The number of hydrogen-bond acceptors (Lipinski definition) is 1. The van der Waals surface area contributed by atoms with Gasteiger partial charge in [0.05, 0.1) is 0 Å². The largest absolute Gasteiger partial charge is 0.179 e. The zero-order valence-corrected chi connectivity index (χ0v) is 15.5. The van der Waals surface area contributed by atoms with E-state index in [0.29, 0.717) is 0 Å². The first-order valence-corrected chi connectivity index (χ1v) is 8.66. The minimum absolute atomic E-state index is 0. The fourth-order valence-corrected chi connectivity index (χ4v) is 2.53. The zero-order chi connectivity index (χ0) is 12.6. The van der Waals surface area contributed by atoms with Crippen LogP contribution in [-0.4, -0.2) is 23.3 Å². The van der Waals surface area contributed by atoms with Gasteiger partial charge in [0.2, 0.25) is 0 Å². The summed E-state index contributed by atoms with van der Waals surface area (Å²) in [5, 5.41) is 0. The maximum atomic E-state index is 4.23. The molecule has 0 saturated carbocycles. The summed E-state index contributed by atoms with van der Waals surface area (Å²) in [7, 11) is 0. The van der Waals surface area contributed by atoms with Crippen LogP contribution < -0.4 is 0 Å². The summed E-state index contributed by atoms with van der Waals surface area (Å²) < 4.78 is 0. The van der Waals surface area contributed by atoms with Crippen molar-refractivity contribution in [3.8, 4) is 0 Å². The number of thiol groups is 1. The third kappa shape index (κ3) is 19.2. The van der Waals surface area contributed by atoms with Gasteiger partial charge in [-0.05, 0) is 12.2 Å². The molecule has 0 unspecified atom stereocenters. The Bertz CT molecular complexity index is 114. The fraction of sp³-hybridized carbons (Fsp3) is 1.00. The van der Waals surface area contributed by atoms with Crippen LogP contribution in [-0.2, 0) is 0 Å². The molecule has 0 aromatic carbocycles. The van der Waals surface area contributed by atoms with E-state index in [4.69, 9.17) is 0 Å². The summed E-state index contributed by atoms with van der Waals surface area (Å²) in [4.78, 5) is 0. The van der Waals surface area contributed by atoms with Crippen LogP contribution in [0.4, 0.5) is 0 Å². The molecule has 2 heteroatoms. The van der Waals surface area contributed by atoms with Gasteiger partial charge in [-0.1, -0.05) is 90.4 Å². The molecule has 4 radical (unpaired) electrons. The van der Waals surface area contributed by atoms with Crippen molar-refractivity contribution in [1.82, 2.24) is 0 Å². The summed E-state index contributed by atoms with van der Waals surface area (Å²) in [6, 6.07) is 0. The molecule has 0 aromatic rings. The van der Waals surface area contributed by atoms with Gasteiger partial charge in [0.25, 0.3) is 0 Å². The van der Waals surface area contributed by atoms with E-state index in [1.807, 2.05) is 0 Å². The molecule has 0 amide bonds. The summed E-state index contributed by atoms with van der Waals surface area (Å²) in [5.41, 5.74) is 0. The molecule has 0 bridgehead atoms. The van der Waals surface area contributed by atoms with Crippen molar-refractivity contribution < 1.29 is 0 Å². The Morgan fingerprint density at radius 1 is 0.500 bits per heavy atom. The molecule has 18 heavy (non-hydrogen) atoms. The van der Waals surface area contributed by atoms with E-state index in [0.717, 1.165) is 5.75 Å². The predicted molar refractivity (Wildman–Crippen MR) is 89.9 cm³/mol. The van der Waals surface area contributed by atoms with E-state index in [-0.39, 0.29) is 17.6 Å². The molecule has 0 heterocycles. The Kier molecular flexibility index (Phi) is 23.8. The average Bonchev–Trinajstić information content (AvgIpc) is 2.35. The van der Waals surface area contributed by atoms with Crippen LogP contribution in [0.3, 0.4) is 0 Å². The number of rotatable bonds is 14. The van der Waals surface area contributed by atoms with E-state index < -0.39 is 0 Å². The van der Waals surface area contributed by atoms with Gasteiger partial charge in [0.15, 0.2) is 0 Å². The maximum Gasteiger partial charge on any atom is 0 e. The Morgan fingerprint density at radius 2 is 0.778 bits per heavy atom. The van der Waals surface area contributed by atoms with Crippen LogP contribution in [0.1, 0.15) is 96.8 Å². The van der Waals surface area contributed by atoms with Gasteiger partial charge in [-0.15, -0.1) is 0 Å². The molecule has 0 saturated heterocycles. The van der Waals surface area contributed by atoms with E-state index in [2.05, 4.69) is 19.6 Å². The Hall–Kier alpha value is 0.893. The van der Waals surface area contributed by atoms with Crippen molar-refractivity contribution in [2.45, 2.75) is 96.8 Å². The third-order valence-electron chi connectivity index (χ3n) is 3.51. The molecule has 0 rings (SSSR count). The molecular weight excluding hydrogens is 297 g/mol. The average molecular weight is 331 g/mol. The van der Waals surface area contributed by atoms with Crippen molar-refractivity contribution in [2.24, 2.45) is 0 Å². The van der Waals surface area contributed by atoms with E-state index in [1.54, 1.807) is 0 Å². The molecule has 0 aliphatic heterocycles. The molecule has 0 spiro atoms. The quantitative estimate of drug-likeness (QED) is 0.225. The Balaban J connectivity index is 0. The van der Waals surface area contributed by atoms with Crippen molar-refractivity contribution >= 4 is 30.2 Å². The van der Waals surface area contributed by atoms with Crippen molar-refractivity contribution in [1.29, 1.82) is 0 Å². The molecular formula is C16H34GeS. The van der Waals surface area contributed by atoms with E-state index in [1.165, 1.54) is 89.9 Å². The summed E-state index contributed by atoms with van der Waals surface area (Å²) in [5.74, 6) is 1.07. The minimum atomic E-state index is 0. The summed E-state index contributed by atoms with van der Waals surface area (Å²) in [6.07, 6.45) is 20.1. The first kappa shape index (κ1) is 21.2. The van der Waals surface area contributed by atoms with Crippen molar-refractivity contribution in [3.05, 3.63) is 0 Å². The second-order valence-corrected chi connectivity index (χ2v) is 5.77. The second-order valence-electron chi connectivity index (χ2n) is 5.32. The van der Waals surface area contributed by atoms with Crippen LogP contribution in [0.2, 0.25) is 0 Å². The number of hydrogen-bond donors (Lipinski definition) is 1. The van der Waals surface area contributed by atoms with Gasteiger partial charge in [0.1, 0.15) is 0 Å². The molecule has 0 aliphatic rings. The normalized spacial score (nSPS) is 10.3. The maximum absolute atomic E-state index is 4.23. The zero-order valence-electron chi connectivity index (χ0n) is 12.6. The Labute approximate surface area is 132 Å². The SMILES string of the molecule is CCCCCCCCCCCCCCCCS.[Ge]. The van der Waals surface area contributed by atoms with Crippen LogP contribution >= 0.6 is 12.6 Å². The van der Waals surface area contributed by atoms with Gasteiger partial charge in [-0.25, -0.2) is 0 Å². The van der Waals surface area contributed by atoms with E-state index >= 15 is 0 Å². The second kappa shape index (κ2) is 20.2. The molecule has 0 N–H and O–H groups in total. The third-order valence-corrected chi connectivity index (χ3v) is 3.83. The molecule has 0 atom stereocenters. The van der Waals surface area contributed by atoms with Crippen LogP contribution in [0.25, 0.3) is 0 Å². The molecule has 108 valence electrons. The van der Waals surface area contributed by atoms with Gasteiger partial charge >= 0.3 is 0 Å². The Morgan fingerprint density at radius 3 is 1.06 bits per heavy atom. The number of unbranched alkanes of at least 4 members (excludes halogenated alkanes) is 13. The molecule has 0 fully saturated rings. The minimum Gasteiger partial charge on any atom is -0.179 e. The fourth-order valence-electron chi connectivity index (χ4n) is 2.31. The van der Waals surface area contributed by atoms with E-state index in [9.17, 15) is 0 Å². The topological polar surface area (TPSA) is 0 Å². The van der Waals surface area contributed by atoms with Crippen molar-refractivity contribution in [3.63, 3.8) is 0 Å². The standard InChI is InChI=1S/C16H34S.Ge/c1-2-3-4-5-6-7-8-9-10-11-12-13-14-15-16-17;/h17H,2-16H2,1H3;. The monoisotopic (exact) mass is 332 g/mol. The van der Waals surface area contributed by atoms with Crippen LogP contribution in [0.5, 0.6) is 0 Å².